The molecule has 1 N–H and O–H groups in total. The smallest absolute Gasteiger partial charge is 0.284 e. The van der Waals surface area contributed by atoms with E-state index in [-0.39, 0.29) is 5.75 Å². The molecule has 0 bridgehead atoms. The van der Waals surface area contributed by atoms with Crippen molar-refractivity contribution in [3.63, 3.8) is 0 Å². The number of rotatable bonds is 7. The number of halogens is 2. The first-order valence-electron chi connectivity index (χ1n) is 7.31. The standard InChI is InChI=1S/C15H23F2NOS/c1-11-3-2-4-12(7-11)8-18-9-13-5-6-14(19-13)10-20-15(16)17/h5-6,11-12,15,18H,2-4,7-10H2,1H3. The normalized spacial score (nSPS) is 23.4. The van der Waals surface area contributed by atoms with Gasteiger partial charge in [0, 0.05) is 0 Å². The third kappa shape index (κ3) is 5.44. The second kappa shape index (κ2) is 8.03. The number of thioether (sulfide) groups is 1. The highest BCUT2D eigenvalue weighted by atomic mass is 32.2. The Labute approximate surface area is 123 Å². The molecule has 114 valence electrons. The van der Waals surface area contributed by atoms with Gasteiger partial charge in [0.25, 0.3) is 5.76 Å². The van der Waals surface area contributed by atoms with Crippen molar-refractivity contribution in [3.05, 3.63) is 23.7 Å². The van der Waals surface area contributed by atoms with Crippen molar-refractivity contribution in [2.24, 2.45) is 11.8 Å². The molecule has 2 rings (SSSR count). The van der Waals surface area contributed by atoms with Crippen molar-refractivity contribution in [1.29, 1.82) is 0 Å². The molecule has 2 unspecified atom stereocenters. The van der Waals surface area contributed by atoms with Crippen molar-refractivity contribution >= 4 is 11.8 Å². The molecule has 5 heteroatoms. The van der Waals surface area contributed by atoms with Crippen LogP contribution >= 0.6 is 11.8 Å². The lowest BCUT2D eigenvalue weighted by molar-refractivity contribution is 0.251. The third-order valence-electron chi connectivity index (χ3n) is 3.85. The molecule has 1 fully saturated rings. The van der Waals surface area contributed by atoms with Crippen LogP contribution in [0.1, 0.15) is 44.1 Å². The second-order valence-electron chi connectivity index (χ2n) is 5.71. The van der Waals surface area contributed by atoms with Gasteiger partial charge in [-0.25, -0.2) is 0 Å². The molecular weight excluding hydrogens is 280 g/mol. The van der Waals surface area contributed by atoms with Gasteiger partial charge < -0.3 is 9.73 Å². The highest BCUT2D eigenvalue weighted by Gasteiger charge is 2.18. The molecule has 2 atom stereocenters. The summed E-state index contributed by atoms with van der Waals surface area (Å²) in [5.74, 6) is 0.962. The lowest BCUT2D eigenvalue weighted by Crippen LogP contribution is -2.26. The minimum atomic E-state index is -2.34. The molecule has 1 saturated carbocycles. The van der Waals surface area contributed by atoms with Crippen molar-refractivity contribution in [2.45, 2.75) is 50.7 Å². The van der Waals surface area contributed by atoms with Crippen molar-refractivity contribution in [3.8, 4) is 0 Å². The highest BCUT2D eigenvalue weighted by molar-refractivity contribution is 7.98. The Kier molecular flexibility index (Phi) is 6.36. The van der Waals surface area contributed by atoms with Crippen LogP contribution in [0.15, 0.2) is 16.5 Å². The molecule has 2 nitrogen and oxygen atoms in total. The van der Waals surface area contributed by atoms with Gasteiger partial charge in [0.05, 0.1) is 12.3 Å². The van der Waals surface area contributed by atoms with Crippen LogP contribution in [-0.2, 0) is 12.3 Å². The van der Waals surface area contributed by atoms with Crippen LogP contribution in [0.5, 0.6) is 0 Å². The molecule has 0 aromatic carbocycles. The molecule has 0 radical (unpaired) electrons. The van der Waals surface area contributed by atoms with E-state index in [1.54, 1.807) is 6.07 Å². The summed E-state index contributed by atoms with van der Waals surface area (Å²) in [6, 6.07) is 3.66. The maximum Gasteiger partial charge on any atom is 0.284 e. The second-order valence-corrected chi connectivity index (χ2v) is 6.69. The van der Waals surface area contributed by atoms with Crippen LogP contribution in [0.2, 0.25) is 0 Å². The van der Waals surface area contributed by atoms with Gasteiger partial charge in [0.15, 0.2) is 0 Å². The first kappa shape index (κ1) is 15.8. The number of furan rings is 1. The summed E-state index contributed by atoms with van der Waals surface area (Å²) in [6.45, 7) is 4.03. The first-order valence-corrected chi connectivity index (χ1v) is 8.36. The summed E-state index contributed by atoms with van der Waals surface area (Å²) in [4.78, 5) is 0. The maximum absolute atomic E-state index is 12.1. The van der Waals surface area contributed by atoms with Gasteiger partial charge in [-0.1, -0.05) is 31.5 Å². The summed E-state index contributed by atoms with van der Waals surface area (Å²) >= 11 is 0.597. The van der Waals surface area contributed by atoms with Gasteiger partial charge in [-0.05, 0) is 43.4 Å². The van der Waals surface area contributed by atoms with Crippen LogP contribution < -0.4 is 5.32 Å². The first-order chi connectivity index (χ1) is 9.63. The Balaban J connectivity index is 1.66. The Hall–Kier alpha value is -0.550. The lowest BCUT2D eigenvalue weighted by atomic mass is 9.82. The van der Waals surface area contributed by atoms with Crippen LogP contribution in [0.3, 0.4) is 0 Å². The number of alkyl halides is 2. The summed E-state index contributed by atoms with van der Waals surface area (Å²) < 4.78 is 29.7. The van der Waals surface area contributed by atoms with Crippen LogP contribution in [0.4, 0.5) is 8.78 Å². The van der Waals surface area contributed by atoms with Crippen LogP contribution in [-0.4, -0.2) is 12.3 Å². The SMILES string of the molecule is CC1CCCC(CNCc2ccc(CSC(F)F)o2)C1. The summed E-state index contributed by atoms with van der Waals surface area (Å²) in [6.07, 6.45) is 5.32. The summed E-state index contributed by atoms with van der Waals surface area (Å²) in [5.41, 5.74) is 0. The molecule has 0 amide bonds. The van der Waals surface area contributed by atoms with E-state index in [1.807, 2.05) is 6.07 Å². The Bertz CT molecular complexity index is 397. The van der Waals surface area contributed by atoms with Gasteiger partial charge in [-0.2, -0.15) is 8.78 Å². The number of hydrogen-bond donors (Lipinski definition) is 1. The van der Waals surface area contributed by atoms with E-state index in [4.69, 9.17) is 4.42 Å². The van der Waals surface area contributed by atoms with Crippen molar-refractivity contribution < 1.29 is 13.2 Å². The molecule has 1 aromatic heterocycles. The van der Waals surface area contributed by atoms with E-state index < -0.39 is 5.76 Å². The third-order valence-corrected chi connectivity index (χ3v) is 4.55. The highest BCUT2D eigenvalue weighted by Crippen LogP contribution is 2.28. The number of nitrogens with one attached hydrogen (secondary N) is 1. The Morgan fingerprint density at radius 3 is 2.90 bits per heavy atom. The average molecular weight is 303 g/mol. The number of hydrogen-bond acceptors (Lipinski definition) is 3. The van der Waals surface area contributed by atoms with Gasteiger partial charge in [0.2, 0.25) is 0 Å². The van der Waals surface area contributed by atoms with Crippen LogP contribution in [0, 0.1) is 11.8 Å². The molecule has 0 saturated heterocycles. The van der Waals surface area contributed by atoms with E-state index in [2.05, 4.69) is 12.2 Å². The average Bonchev–Trinajstić information content (AvgIpc) is 2.84. The molecule has 1 aromatic rings. The lowest BCUT2D eigenvalue weighted by Gasteiger charge is -2.26. The van der Waals surface area contributed by atoms with Crippen molar-refractivity contribution in [2.75, 3.05) is 6.54 Å². The minimum Gasteiger partial charge on any atom is -0.464 e. The quantitative estimate of drug-likeness (QED) is 0.793. The van der Waals surface area contributed by atoms with Gasteiger partial charge >= 0.3 is 0 Å². The minimum absolute atomic E-state index is 0.234. The van der Waals surface area contributed by atoms with E-state index in [0.717, 1.165) is 24.1 Å². The molecule has 0 aliphatic heterocycles. The molecule has 1 aliphatic rings. The van der Waals surface area contributed by atoms with Crippen LogP contribution in [0.25, 0.3) is 0 Å². The molecule has 1 heterocycles. The fourth-order valence-corrected chi connectivity index (χ4v) is 3.33. The summed E-state index contributed by atoms with van der Waals surface area (Å²) in [5, 5.41) is 3.42. The van der Waals surface area contributed by atoms with E-state index >= 15 is 0 Å². The van der Waals surface area contributed by atoms with Gasteiger partial charge in [-0.3, -0.25) is 0 Å². The molecular formula is C15H23F2NOS. The maximum atomic E-state index is 12.1. The largest absolute Gasteiger partial charge is 0.464 e. The van der Waals surface area contributed by atoms with E-state index in [0.29, 0.717) is 24.1 Å². The molecule has 1 aliphatic carbocycles. The van der Waals surface area contributed by atoms with Crippen molar-refractivity contribution in [1.82, 2.24) is 5.32 Å². The Morgan fingerprint density at radius 2 is 2.15 bits per heavy atom. The Morgan fingerprint density at radius 1 is 1.35 bits per heavy atom. The fourth-order valence-electron chi connectivity index (χ4n) is 2.88. The van der Waals surface area contributed by atoms with E-state index in [1.165, 1.54) is 25.7 Å². The van der Waals surface area contributed by atoms with E-state index in [9.17, 15) is 8.78 Å². The fraction of sp³-hybridized carbons (Fsp3) is 0.733. The zero-order valence-electron chi connectivity index (χ0n) is 11.9. The predicted octanol–water partition coefficient (Wildman–Crippen LogP) is 4.65. The predicted molar refractivity (Wildman–Crippen MR) is 78.8 cm³/mol. The van der Waals surface area contributed by atoms with Gasteiger partial charge in [0.1, 0.15) is 11.5 Å². The molecule has 20 heavy (non-hydrogen) atoms. The topological polar surface area (TPSA) is 25.2 Å². The van der Waals surface area contributed by atoms with Gasteiger partial charge in [-0.15, -0.1) is 0 Å². The monoisotopic (exact) mass is 303 g/mol. The zero-order valence-corrected chi connectivity index (χ0v) is 12.7. The zero-order chi connectivity index (χ0) is 14.4. The summed E-state index contributed by atoms with van der Waals surface area (Å²) in [7, 11) is 0. The molecule has 0 spiro atoms.